The number of hydrogen-bond donors (Lipinski definition) is 1. The molecule has 0 bridgehead atoms. The van der Waals surface area contributed by atoms with Crippen LogP contribution in [0.25, 0.3) is 0 Å². The number of rotatable bonds is 4. The fourth-order valence-corrected chi connectivity index (χ4v) is 4.58. The molecule has 0 aromatic carbocycles. The van der Waals surface area contributed by atoms with Gasteiger partial charge in [-0.3, -0.25) is 9.69 Å². The average Bonchev–Trinajstić information content (AvgIpc) is 3.29. The monoisotopic (exact) mass is 306 g/mol. The number of hydrogen-bond acceptors (Lipinski definition) is 3. The third kappa shape index (κ3) is 3.33. The first-order valence-corrected chi connectivity index (χ1v) is 9.47. The van der Waals surface area contributed by atoms with E-state index in [1.165, 1.54) is 57.9 Å². The van der Waals surface area contributed by atoms with Gasteiger partial charge in [0.2, 0.25) is 5.91 Å². The highest BCUT2D eigenvalue weighted by atomic mass is 16.5. The van der Waals surface area contributed by atoms with Crippen LogP contribution in [0.3, 0.4) is 0 Å². The van der Waals surface area contributed by atoms with Crippen molar-refractivity contribution in [3.8, 4) is 0 Å². The van der Waals surface area contributed by atoms with Crippen molar-refractivity contribution in [2.45, 2.75) is 76.0 Å². The Labute approximate surface area is 134 Å². The van der Waals surface area contributed by atoms with Crippen LogP contribution in [0.2, 0.25) is 0 Å². The topological polar surface area (TPSA) is 41.6 Å². The average molecular weight is 306 g/mol. The Kier molecular flexibility index (Phi) is 4.40. The van der Waals surface area contributed by atoms with Crippen molar-refractivity contribution in [3.05, 3.63) is 0 Å². The summed E-state index contributed by atoms with van der Waals surface area (Å²) in [5.41, 5.74) is 0. The SMILES string of the molecule is O=C(NCC1CC1)[C@@H]1C[C@H]2CCN(C3CCCCC3)C[C@H]2O1. The van der Waals surface area contributed by atoms with Crippen molar-refractivity contribution in [1.82, 2.24) is 10.2 Å². The van der Waals surface area contributed by atoms with Gasteiger partial charge in [0.25, 0.3) is 0 Å². The third-order valence-electron chi connectivity index (χ3n) is 6.23. The van der Waals surface area contributed by atoms with Gasteiger partial charge in [0.05, 0.1) is 6.10 Å². The van der Waals surface area contributed by atoms with Crippen molar-refractivity contribution < 1.29 is 9.53 Å². The predicted molar refractivity (Wildman–Crippen MR) is 85.6 cm³/mol. The van der Waals surface area contributed by atoms with Crippen LogP contribution in [0.1, 0.15) is 57.8 Å². The second kappa shape index (κ2) is 6.48. The molecule has 2 saturated carbocycles. The molecule has 4 heteroatoms. The lowest BCUT2D eigenvalue weighted by Crippen LogP contribution is -2.48. The molecule has 22 heavy (non-hydrogen) atoms. The second-order valence-corrected chi connectivity index (χ2v) is 7.92. The Hall–Kier alpha value is -0.610. The van der Waals surface area contributed by atoms with E-state index >= 15 is 0 Å². The van der Waals surface area contributed by atoms with Crippen molar-refractivity contribution in [2.75, 3.05) is 19.6 Å². The number of amides is 1. The highest BCUT2D eigenvalue weighted by molar-refractivity contribution is 5.81. The summed E-state index contributed by atoms with van der Waals surface area (Å²) in [4.78, 5) is 14.9. The van der Waals surface area contributed by atoms with Gasteiger partial charge in [-0.05, 0) is 56.9 Å². The third-order valence-corrected chi connectivity index (χ3v) is 6.23. The molecule has 0 aromatic heterocycles. The summed E-state index contributed by atoms with van der Waals surface area (Å²) in [6, 6.07) is 0.779. The lowest BCUT2D eigenvalue weighted by Gasteiger charge is -2.40. The molecule has 0 spiro atoms. The van der Waals surface area contributed by atoms with Crippen LogP contribution in [0.15, 0.2) is 0 Å². The summed E-state index contributed by atoms with van der Waals surface area (Å²) < 4.78 is 6.15. The van der Waals surface area contributed by atoms with E-state index in [1.807, 2.05) is 0 Å². The first-order chi connectivity index (χ1) is 10.8. The van der Waals surface area contributed by atoms with Gasteiger partial charge in [0.1, 0.15) is 6.10 Å². The van der Waals surface area contributed by atoms with E-state index in [4.69, 9.17) is 4.74 Å². The highest BCUT2D eigenvalue weighted by Gasteiger charge is 2.43. The predicted octanol–water partition coefficient (Wildman–Crippen LogP) is 2.32. The number of likely N-dealkylation sites (tertiary alicyclic amines) is 1. The van der Waals surface area contributed by atoms with Crippen LogP contribution in [0, 0.1) is 11.8 Å². The molecule has 2 heterocycles. The fourth-order valence-electron chi connectivity index (χ4n) is 4.58. The van der Waals surface area contributed by atoms with E-state index in [2.05, 4.69) is 10.2 Å². The standard InChI is InChI=1S/C18H30N2O2/c21-18(19-11-13-6-7-13)16-10-14-8-9-20(12-17(14)22-16)15-4-2-1-3-5-15/h13-17H,1-12H2,(H,19,21)/t14-,16+,17-/m1/s1. The molecular weight excluding hydrogens is 276 g/mol. The quantitative estimate of drug-likeness (QED) is 0.867. The Morgan fingerprint density at radius 2 is 1.91 bits per heavy atom. The molecule has 4 fully saturated rings. The fraction of sp³-hybridized carbons (Fsp3) is 0.944. The normalized spacial score (nSPS) is 37.0. The second-order valence-electron chi connectivity index (χ2n) is 7.92. The Balaban J connectivity index is 1.28. The summed E-state index contributed by atoms with van der Waals surface area (Å²) in [6.45, 7) is 3.13. The number of nitrogens with zero attached hydrogens (tertiary/aromatic N) is 1. The Morgan fingerprint density at radius 1 is 1.09 bits per heavy atom. The maximum atomic E-state index is 12.3. The van der Waals surface area contributed by atoms with Gasteiger partial charge in [-0.15, -0.1) is 0 Å². The van der Waals surface area contributed by atoms with Gasteiger partial charge in [-0.2, -0.15) is 0 Å². The Morgan fingerprint density at radius 3 is 2.68 bits per heavy atom. The molecular formula is C18H30N2O2. The van der Waals surface area contributed by atoms with E-state index in [0.717, 1.165) is 31.5 Å². The molecule has 4 aliphatic rings. The van der Waals surface area contributed by atoms with Gasteiger partial charge in [-0.1, -0.05) is 19.3 Å². The number of ether oxygens (including phenoxy) is 1. The molecule has 1 N–H and O–H groups in total. The number of fused-ring (bicyclic) bond motifs is 1. The van der Waals surface area contributed by atoms with Crippen molar-refractivity contribution in [2.24, 2.45) is 11.8 Å². The summed E-state index contributed by atoms with van der Waals surface area (Å²) in [5.74, 6) is 1.50. The van der Waals surface area contributed by atoms with E-state index in [0.29, 0.717) is 12.0 Å². The number of piperidine rings is 1. The molecule has 0 unspecified atom stereocenters. The zero-order valence-electron chi connectivity index (χ0n) is 13.6. The molecule has 2 aliphatic heterocycles. The maximum Gasteiger partial charge on any atom is 0.249 e. The molecule has 4 rings (SSSR count). The van der Waals surface area contributed by atoms with E-state index in [9.17, 15) is 4.79 Å². The summed E-state index contributed by atoms with van der Waals surface area (Å²) >= 11 is 0. The van der Waals surface area contributed by atoms with Gasteiger partial charge < -0.3 is 10.1 Å². The van der Waals surface area contributed by atoms with Gasteiger partial charge in [0.15, 0.2) is 0 Å². The van der Waals surface area contributed by atoms with Crippen LogP contribution in [-0.4, -0.2) is 48.7 Å². The van der Waals surface area contributed by atoms with Crippen molar-refractivity contribution >= 4 is 5.91 Å². The summed E-state index contributed by atoms with van der Waals surface area (Å²) in [7, 11) is 0. The minimum absolute atomic E-state index is 0.144. The van der Waals surface area contributed by atoms with E-state index in [-0.39, 0.29) is 12.0 Å². The van der Waals surface area contributed by atoms with Gasteiger partial charge in [-0.25, -0.2) is 0 Å². The first kappa shape index (κ1) is 14.9. The number of carbonyl (C=O) groups excluding carboxylic acids is 1. The van der Waals surface area contributed by atoms with Crippen molar-refractivity contribution in [1.29, 1.82) is 0 Å². The molecule has 2 aliphatic carbocycles. The largest absolute Gasteiger partial charge is 0.364 e. The Bertz CT molecular complexity index is 404. The molecule has 2 saturated heterocycles. The number of nitrogens with one attached hydrogen (secondary N) is 1. The van der Waals surface area contributed by atoms with Crippen molar-refractivity contribution in [3.63, 3.8) is 0 Å². The zero-order valence-corrected chi connectivity index (χ0v) is 13.6. The minimum Gasteiger partial charge on any atom is -0.364 e. The molecule has 0 aromatic rings. The summed E-state index contributed by atoms with van der Waals surface area (Å²) in [6.07, 6.45) is 11.8. The first-order valence-electron chi connectivity index (χ1n) is 9.47. The van der Waals surface area contributed by atoms with Gasteiger partial charge >= 0.3 is 0 Å². The van der Waals surface area contributed by atoms with Crippen LogP contribution in [0.5, 0.6) is 0 Å². The summed E-state index contributed by atoms with van der Waals surface area (Å²) in [5, 5.41) is 3.09. The lowest BCUT2D eigenvalue weighted by molar-refractivity contribution is -0.133. The molecule has 1 amide bonds. The zero-order chi connectivity index (χ0) is 14.9. The number of carbonyl (C=O) groups is 1. The molecule has 3 atom stereocenters. The smallest absolute Gasteiger partial charge is 0.249 e. The van der Waals surface area contributed by atoms with Crippen LogP contribution >= 0.6 is 0 Å². The van der Waals surface area contributed by atoms with Crippen LogP contribution in [0.4, 0.5) is 0 Å². The van der Waals surface area contributed by atoms with Gasteiger partial charge in [0, 0.05) is 19.1 Å². The molecule has 0 radical (unpaired) electrons. The maximum absolute atomic E-state index is 12.3. The van der Waals surface area contributed by atoms with Crippen LogP contribution in [-0.2, 0) is 9.53 Å². The van der Waals surface area contributed by atoms with E-state index < -0.39 is 0 Å². The molecule has 124 valence electrons. The lowest BCUT2D eigenvalue weighted by atomic mass is 9.88. The van der Waals surface area contributed by atoms with E-state index in [1.54, 1.807) is 0 Å². The minimum atomic E-state index is -0.181. The highest BCUT2D eigenvalue weighted by Crippen LogP contribution is 2.36. The molecule has 4 nitrogen and oxygen atoms in total. The van der Waals surface area contributed by atoms with Crippen LogP contribution < -0.4 is 5.32 Å².